The summed E-state index contributed by atoms with van der Waals surface area (Å²) < 4.78 is 23.7. The van der Waals surface area contributed by atoms with Crippen molar-refractivity contribution in [1.29, 1.82) is 0 Å². The van der Waals surface area contributed by atoms with Gasteiger partial charge < -0.3 is 24.1 Å². The molecule has 2 bridgehead atoms. The average molecular weight is 609 g/mol. The van der Waals surface area contributed by atoms with Crippen LogP contribution in [0.15, 0.2) is 59.7 Å². The molecule has 0 spiro atoms. The van der Waals surface area contributed by atoms with E-state index in [0.29, 0.717) is 36.0 Å². The van der Waals surface area contributed by atoms with Crippen LogP contribution in [0, 0.1) is 22.7 Å². The minimum Gasteiger partial charge on any atom is -0.462 e. The smallest absolute Gasteiger partial charge is 0.331 e. The van der Waals surface area contributed by atoms with Crippen molar-refractivity contribution in [3.05, 3.63) is 65.3 Å². The number of carbonyl (C=O) groups excluding carboxylic acids is 4. The van der Waals surface area contributed by atoms with Crippen molar-refractivity contribution >= 4 is 30.0 Å². The Morgan fingerprint density at radius 1 is 0.909 bits per heavy atom. The van der Waals surface area contributed by atoms with Crippen LogP contribution in [-0.2, 0) is 38.1 Å². The molecule has 0 radical (unpaired) electrons. The lowest BCUT2D eigenvalue weighted by molar-refractivity contribution is -0.193. The van der Waals surface area contributed by atoms with Gasteiger partial charge in [-0.2, -0.15) is 0 Å². The quantitative estimate of drug-likeness (QED) is 0.203. The number of hydrogen-bond donors (Lipinski definition) is 1. The standard InChI is InChI=1S/C35H44O9/c1-19-26(44-28(39)15-14-24-12-10-9-11-13-24)16-17-35(8)30(19)31(42-22(4)37)25-18-27(41-21(3)36)20(2)29(34(25,6)7)32(33(35)40)43-23(5)38/h9-15,25-27,30-33,40H,1,16-18H2,2-8H3/b15-14+. The normalized spacial score (nSPS) is 33.0. The minimum atomic E-state index is -1.25. The van der Waals surface area contributed by atoms with Crippen LogP contribution in [0.5, 0.6) is 0 Å². The van der Waals surface area contributed by atoms with Crippen molar-refractivity contribution in [1.82, 2.24) is 0 Å². The number of rotatable bonds is 6. The second-order valence-electron chi connectivity index (χ2n) is 13.1. The minimum absolute atomic E-state index is 0.326. The molecule has 238 valence electrons. The van der Waals surface area contributed by atoms with Crippen molar-refractivity contribution in [2.24, 2.45) is 22.7 Å². The van der Waals surface area contributed by atoms with Crippen molar-refractivity contribution in [2.45, 2.75) is 98.2 Å². The number of esters is 4. The molecule has 8 atom stereocenters. The summed E-state index contributed by atoms with van der Waals surface area (Å²) in [6.07, 6.45) is -0.473. The highest BCUT2D eigenvalue weighted by Crippen LogP contribution is 2.60. The molecule has 4 rings (SSSR count). The second-order valence-corrected chi connectivity index (χ2v) is 13.1. The van der Waals surface area contributed by atoms with Crippen LogP contribution in [0.25, 0.3) is 6.08 Å². The van der Waals surface area contributed by atoms with Gasteiger partial charge in [0.25, 0.3) is 0 Å². The van der Waals surface area contributed by atoms with Crippen LogP contribution in [0.1, 0.15) is 73.3 Å². The Balaban J connectivity index is 1.82. The topological polar surface area (TPSA) is 125 Å². The first-order valence-electron chi connectivity index (χ1n) is 15.1. The fourth-order valence-electron chi connectivity index (χ4n) is 7.80. The third-order valence-corrected chi connectivity index (χ3v) is 9.81. The lowest BCUT2D eigenvalue weighted by atomic mass is 9.49. The molecule has 1 aromatic carbocycles. The lowest BCUT2D eigenvalue weighted by Crippen LogP contribution is -2.63. The van der Waals surface area contributed by atoms with Crippen molar-refractivity contribution in [3.8, 4) is 0 Å². The first-order chi connectivity index (χ1) is 20.6. The predicted octanol–water partition coefficient (Wildman–Crippen LogP) is 5.12. The highest BCUT2D eigenvalue weighted by Gasteiger charge is 2.63. The van der Waals surface area contributed by atoms with E-state index < -0.39 is 77.1 Å². The largest absolute Gasteiger partial charge is 0.462 e. The van der Waals surface area contributed by atoms with Gasteiger partial charge in [0.05, 0.1) is 0 Å². The van der Waals surface area contributed by atoms with E-state index in [1.54, 1.807) is 6.08 Å². The number of hydrogen-bond acceptors (Lipinski definition) is 9. The molecule has 3 aliphatic rings. The van der Waals surface area contributed by atoms with Gasteiger partial charge in [0.15, 0.2) is 6.10 Å². The van der Waals surface area contributed by atoms with E-state index in [1.807, 2.05) is 58.0 Å². The summed E-state index contributed by atoms with van der Waals surface area (Å²) in [5, 5.41) is 12.2. The van der Waals surface area contributed by atoms with Gasteiger partial charge in [0.1, 0.15) is 24.4 Å². The highest BCUT2D eigenvalue weighted by atomic mass is 16.6. The Bertz CT molecular complexity index is 1370. The van der Waals surface area contributed by atoms with E-state index in [2.05, 4.69) is 6.58 Å². The zero-order valence-electron chi connectivity index (χ0n) is 26.6. The zero-order valence-corrected chi connectivity index (χ0v) is 26.6. The summed E-state index contributed by atoms with van der Waals surface area (Å²) in [5.74, 6) is -3.25. The SMILES string of the molecule is C=C1C(OC(=O)/C=C/c2ccccc2)CCC2(C)C(O)C(OC(C)=O)C3=C(C)C(OC(C)=O)CC(C(OC(C)=O)C12)C3(C)C. The Kier molecular flexibility index (Phi) is 9.59. The van der Waals surface area contributed by atoms with Crippen molar-refractivity contribution in [3.63, 3.8) is 0 Å². The summed E-state index contributed by atoms with van der Waals surface area (Å²) in [4.78, 5) is 50.3. The number of aliphatic hydroxyl groups excluding tert-OH is 1. The molecule has 1 aromatic rings. The molecule has 0 amide bonds. The molecule has 2 saturated carbocycles. The number of benzene rings is 1. The second kappa shape index (κ2) is 12.7. The summed E-state index contributed by atoms with van der Waals surface area (Å²) in [6.45, 7) is 15.9. The van der Waals surface area contributed by atoms with Gasteiger partial charge >= 0.3 is 23.9 Å². The Morgan fingerprint density at radius 2 is 1.52 bits per heavy atom. The molecule has 3 aliphatic carbocycles. The van der Waals surface area contributed by atoms with Crippen molar-refractivity contribution < 1.29 is 43.2 Å². The van der Waals surface area contributed by atoms with Gasteiger partial charge in [0, 0.05) is 44.1 Å². The van der Waals surface area contributed by atoms with Crippen LogP contribution in [-0.4, -0.2) is 59.5 Å². The summed E-state index contributed by atoms with van der Waals surface area (Å²) in [7, 11) is 0. The van der Waals surface area contributed by atoms with Gasteiger partial charge in [-0.3, -0.25) is 14.4 Å². The van der Waals surface area contributed by atoms with E-state index in [4.69, 9.17) is 18.9 Å². The van der Waals surface area contributed by atoms with E-state index >= 15 is 0 Å². The molecule has 9 nitrogen and oxygen atoms in total. The van der Waals surface area contributed by atoms with Crippen molar-refractivity contribution in [2.75, 3.05) is 0 Å². The number of fused-ring (bicyclic) bond motifs is 3. The fraction of sp³-hybridized carbons (Fsp3) is 0.543. The van der Waals surface area contributed by atoms with Gasteiger partial charge in [0.2, 0.25) is 0 Å². The van der Waals surface area contributed by atoms with Crippen LogP contribution in [0.4, 0.5) is 0 Å². The molecule has 2 fully saturated rings. The maximum Gasteiger partial charge on any atom is 0.331 e. The molecule has 0 heterocycles. The monoisotopic (exact) mass is 608 g/mol. The molecule has 0 aliphatic heterocycles. The lowest BCUT2D eigenvalue weighted by Gasteiger charge is -2.59. The van der Waals surface area contributed by atoms with E-state index in [1.165, 1.54) is 26.8 Å². The van der Waals surface area contributed by atoms with E-state index in [0.717, 1.165) is 5.56 Å². The van der Waals surface area contributed by atoms with Gasteiger partial charge in [-0.15, -0.1) is 0 Å². The number of aliphatic hydroxyl groups is 1. The van der Waals surface area contributed by atoms with E-state index in [9.17, 15) is 24.3 Å². The molecule has 8 unspecified atom stereocenters. The molecule has 44 heavy (non-hydrogen) atoms. The van der Waals surface area contributed by atoms with E-state index in [-0.39, 0.29) is 0 Å². The highest BCUT2D eigenvalue weighted by molar-refractivity contribution is 5.87. The average Bonchev–Trinajstić information content (AvgIpc) is 2.93. The third kappa shape index (κ3) is 6.39. The molecular weight excluding hydrogens is 564 g/mol. The molecule has 9 heteroatoms. The molecule has 0 aromatic heterocycles. The Labute approximate surface area is 259 Å². The summed E-state index contributed by atoms with van der Waals surface area (Å²) >= 11 is 0. The first kappa shape index (κ1) is 33.2. The maximum absolute atomic E-state index is 13.0. The number of ether oxygens (including phenoxy) is 4. The molecule has 1 N–H and O–H groups in total. The van der Waals surface area contributed by atoms with Crippen LogP contribution in [0.3, 0.4) is 0 Å². The van der Waals surface area contributed by atoms with Gasteiger partial charge in [-0.25, -0.2) is 4.79 Å². The third-order valence-electron chi connectivity index (χ3n) is 9.81. The van der Waals surface area contributed by atoms with Crippen LogP contribution < -0.4 is 0 Å². The molecular formula is C35H44O9. The van der Waals surface area contributed by atoms with Crippen LogP contribution in [0.2, 0.25) is 0 Å². The predicted molar refractivity (Wildman–Crippen MR) is 163 cm³/mol. The maximum atomic E-state index is 13.0. The Hall–Kier alpha value is -3.72. The van der Waals surface area contributed by atoms with Crippen LogP contribution >= 0.6 is 0 Å². The number of carbonyl (C=O) groups is 4. The fourth-order valence-corrected chi connectivity index (χ4v) is 7.80. The van der Waals surface area contributed by atoms with Gasteiger partial charge in [-0.1, -0.05) is 57.7 Å². The first-order valence-corrected chi connectivity index (χ1v) is 15.1. The Morgan fingerprint density at radius 3 is 2.11 bits per heavy atom. The summed E-state index contributed by atoms with van der Waals surface area (Å²) in [5.41, 5.74) is 0.920. The molecule has 0 saturated heterocycles. The zero-order chi connectivity index (χ0) is 32.6. The summed E-state index contributed by atoms with van der Waals surface area (Å²) in [6, 6.07) is 9.36. The van der Waals surface area contributed by atoms with Gasteiger partial charge in [-0.05, 0) is 60.0 Å².